The Balaban J connectivity index is 2.77. The summed E-state index contributed by atoms with van der Waals surface area (Å²) in [6, 6.07) is 5.00. The molecule has 106 valence electrons. The van der Waals surface area contributed by atoms with Gasteiger partial charge in [-0.3, -0.25) is 0 Å². The highest BCUT2D eigenvalue weighted by Crippen LogP contribution is 2.43. The third-order valence-corrected chi connectivity index (χ3v) is 3.43. The van der Waals surface area contributed by atoms with Gasteiger partial charge in [-0.05, 0) is 24.3 Å². The van der Waals surface area contributed by atoms with Gasteiger partial charge in [0.25, 0.3) is 0 Å². The van der Waals surface area contributed by atoms with Gasteiger partial charge in [0.15, 0.2) is 5.69 Å². The van der Waals surface area contributed by atoms with Gasteiger partial charge in [-0.1, -0.05) is 46.4 Å². The molecule has 0 saturated carbocycles. The molecule has 0 unspecified atom stereocenters. The minimum Gasteiger partial charge on any atom is -0.231 e. The van der Waals surface area contributed by atoms with Crippen molar-refractivity contribution >= 4 is 46.4 Å². The molecule has 0 spiro atoms. The second-order valence-electron chi connectivity index (χ2n) is 3.77. The van der Waals surface area contributed by atoms with Crippen LogP contribution in [0.3, 0.4) is 0 Å². The maximum Gasteiger partial charge on any atom is 0.434 e. The van der Waals surface area contributed by atoms with Crippen molar-refractivity contribution in [2.75, 3.05) is 0 Å². The predicted molar refractivity (Wildman–Crippen MR) is 74.7 cm³/mol. The van der Waals surface area contributed by atoms with Gasteiger partial charge >= 0.3 is 6.18 Å². The van der Waals surface area contributed by atoms with E-state index in [1.54, 1.807) is 0 Å². The largest absolute Gasteiger partial charge is 0.434 e. The smallest absolute Gasteiger partial charge is 0.231 e. The second-order valence-corrected chi connectivity index (χ2v) is 5.41. The highest BCUT2D eigenvalue weighted by Gasteiger charge is 2.37. The first-order chi connectivity index (χ1) is 9.20. The average Bonchev–Trinajstić information content (AvgIpc) is 2.28. The van der Waals surface area contributed by atoms with Gasteiger partial charge in [0.1, 0.15) is 5.15 Å². The molecule has 0 amide bonds. The summed E-state index contributed by atoms with van der Waals surface area (Å²) in [6.07, 6.45) is -4.69. The van der Waals surface area contributed by atoms with E-state index < -0.39 is 11.9 Å². The van der Waals surface area contributed by atoms with E-state index in [0.717, 1.165) is 0 Å². The van der Waals surface area contributed by atoms with Gasteiger partial charge in [0.2, 0.25) is 0 Å². The molecule has 1 aromatic carbocycles. The molecule has 1 aromatic heterocycles. The fraction of sp³-hybridized carbons (Fsp3) is 0.0833. The molecule has 1 nitrogen and oxygen atoms in total. The number of hydrogen-bond donors (Lipinski definition) is 0. The number of rotatable bonds is 1. The van der Waals surface area contributed by atoms with Crippen LogP contribution < -0.4 is 0 Å². The summed E-state index contributed by atoms with van der Waals surface area (Å²) in [6.45, 7) is 0. The van der Waals surface area contributed by atoms with E-state index in [1.165, 1.54) is 24.3 Å². The van der Waals surface area contributed by atoms with E-state index in [1.807, 2.05) is 0 Å². The normalized spacial score (nSPS) is 11.8. The van der Waals surface area contributed by atoms with Crippen LogP contribution in [0, 0.1) is 0 Å². The monoisotopic (exact) mass is 359 g/mol. The van der Waals surface area contributed by atoms with Crippen molar-refractivity contribution in [1.82, 2.24) is 4.98 Å². The fourth-order valence-corrected chi connectivity index (χ4v) is 2.82. The van der Waals surface area contributed by atoms with Gasteiger partial charge in [-0.2, -0.15) is 13.2 Å². The third kappa shape index (κ3) is 3.14. The molecule has 0 N–H and O–H groups in total. The summed E-state index contributed by atoms with van der Waals surface area (Å²) in [7, 11) is 0. The zero-order chi connectivity index (χ0) is 15.1. The van der Waals surface area contributed by atoms with Crippen molar-refractivity contribution in [3.63, 3.8) is 0 Å². The molecular weight excluding hydrogens is 357 g/mol. The van der Waals surface area contributed by atoms with Gasteiger partial charge in [0.05, 0.1) is 10.0 Å². The highest BCUT2D eigenvalue weighted by atomic mass is 35.5. The van der Waals surface area contributed by atoms with Crippen molar-refractivity contribution in [2.45, 2.75) is 6.18 Å². The maximum atomic E-state index is 13.0. The summed E-state index contributed by atoms with van der Waals surface area (Å²) >= 11 is 23.1. The topological polar surface area (TPSA) is 12.9 Å². The molecule has 8 heteroatoms. The van der Waals surface area contributed by atoms with Crippen LogP contribution >= 0.6 is 46.4 Å². The van der Waals surface area contributed by atoms with Crippen LogP contribution in [0.25, 0.3) is 11.1 Å². The molecule has 0 atom stereocenters. The van der Waals surface area contributed by atoms with E-state index in [2.05, 4.69) is 4.98 Å². The quantitative estimate of drug-likeness (QED) is 0.537. The summed E-state index contributed by atoms with van der Waals surface area (Å²) in [5.41, 5.74) is -1.40. The molecule has 0 bridgehead atoms. The zero-order valence-corrected chi connectivity index (χ0v) is 12.4. The zero-order valence-electron chi connectivity index (χ0n) is 9.40. The Kier molecular flexibility index (Phi) is 4.40. The molecule has 20 heavy (non-hydrogen) atoms. The molecule has 0 fully saturated rings. The van der Waals surface area contributed by atoms with Gasteiger partial charge in [-0.15, -0.1) is 0 Å². The SMILES string of the molecule is FC(F)(F)c1nc(Cl)ccc1-c1c(Cl)cc(Cl)cc1Cl. The minimum absolute atomic E-state index is 0.00266. The summed E-state index contributed by atoms with van der Waals surface area (Å²) in [4.78, 5) is 3.32. The Labute approximate surface area is 132 Å². The maximum absolute atomic E-state index is 13.0. The molecule has 0 saturated heterocycles. The number of aromatic nitrogens is 1. The Bertz CT molecular complexity index is 647. The highest BCUT2D eigenvalue weighted by molar-refractivity contribution is 6.41. The number of alkyl halides is 3. The van der Waals surface area contributed by atoms with Crippen LogP contribution in [0.1, 0.15) is 5.69 Å². The first-order valence-electron chi connectivity index (χ1n) is 5.09. The summed E-state index contributed by atoms with van der Waals surface area (Å²) < 4.78 is 39.1. The number of hydrogen-bond acceptors (Lipinski definition) is 1. The third-order valence-electron chi connectivity index (χ3n) is 2.41. The molecule has 1 heterocycles. The lowest BCUT2D eigenvalue weighted by Gasteiger charge is -2.14. The fourth-order valence-electron chi connectivity index (χ4n) is 1.65. The van der Waals surface area contributed by atoms with E-state index in [0.29, 0.717) is 0 Å². The van der Waals surface area contributed by atoms with Crippen LogP contribution in [0.2, 0.25) is 20.2 Å². The average molecular weight is 361 g/mol. The van der Waals surface area contributed by atoms with Gasteiger partial charge < -0.3 is 0 Å². The Morgan fingerprint density at radius 1 is 0.900 bits per heavy atom. The number of benzene rings is 1. The van der Waals surface area contributed by atoms with E-state index in [-0.39, 0.29) is 31.3 Å². The Hall–Kier alpha value is -0.680. The molecule has 0 radical (unpaired) electrons. The van der Waals surface area contributed by atoms with Crippen molar-refractivity contribution in [1.29, 1.82) is 0 Å². The first kappa shape index (κ1) is 15.7. The molecule has 0 aliphatic rings. The van der Waals surface area contributed by atoms with Gasteiger partial charge in [-0.25, -0.2) is 4.98 Å². The number of nitrogens with zero attached hydrogens (tertiary/aromatic N) is 1. The molecule has 0 aliphatic carbocycles. The van der Waals surface area contributed by atoms with E-state index >= 15 is 0 Å². The number of halogens is 7. The standard InChI is InChI=1S/C12H4Cl4F3N/c13-5-3-7(14)10(8(15)4-5)6-1-2-9(16)20-11(6)12(17,18)19/h1-4H. The van der Waals surface area contributed by atoms with Crippen LogP contribution in [0.5, 0.6) is 0 Å². The first-order valence-corrected chi connectivity index (χ1v) is 6.60. The lowest BCUT2D eigenvalue weighted by Crippen LogP contribution is -2.10. The summed E-state index contributed by atoms with van der Waals surface area (Å²) in [5.74, 6) is 0. The van der Waals surface area contributed by atoms with Crippen LogP contribution in [0.4, 0.5) is 13.2 Å². The predicted octanol–water partition coefficient (Wildman–Crippen LogP) is 6.38. The number of pyridine rings is 1. The molecule has 2 aromatic rings. The van der Waals surface area contributed by atoms with Gasteiger partial charge in [0, 0.05) is 16.1 Å². The molecule has 0 aliphatic heterocycles. The molecule has 2 rings (SSSR count). The van der Waals surface area contributed by atoms with Crippen molar-refractivity contribution < 1.29 is 13.2 Å². The Morgan fingerprint density at radius 3 is 1.95 bits per heavy atom. The van der Waals surface area contributed by atoms with E-state index in [9.17, 15) is 13.2 Å². The van der Waals surface area contributed by atoms with Crippen LogP contribution in [0.15, 0.2) is 24.3 Å². The van der Waals surface area contributed by atoms with E-state index in [4.69, 9.17) is 46.4 Å². The van der Waals surface area contributed by atoms with Crippen LogP contribution in [-0.2, 0) is 6.18 Å². The second kappa shape index (κ2) is 5.60. The lowest BCUT2D eigenvalue weighted by atomic mass is 10.0. The Morgan fingerprint density at radius 2 is 1.45 bits per heavy atom. The summed E-state index contributed by atoms with van der Waals surface area (Å²) in [5, 5.41) is -0.0595. The lowest BCUT2D eigenvalue weighted by molar-refractivity contribution is -0.140. The van der Waals surface area contributed by atoms with Crippen LogP contribution in [-0.4, -0.2) is 4.98 Å². The minimum atomic E-state index is -4.69. The molecular formula is C12H4Cl4F3N. The van der Waals surface area contributed by atoms with Crippen molar-refractivity contribution in [3.8, 4) is 11.1 Å². The van der Waals surface area contributed by atoms with Crippen molar-refractivity contribution in [2.24, 2.45) is 0 Å². The van der Waals surface area contributed by atoms with Crippen molar-refractivity contribution in [3.05, 3.63) is 50.2 Å².